The number of aromatic nitrogens is 1. The Bertz CT molecular complexity index is 846. The van der Waals surface area contributed by atoms with Crippen LogP contribution in [0, 0.1) is 0 Å². The molecule has 0 bridgehead atoms. The molecule has 0 spiro atoms. The van der Waals surface area contributed by atoms with Gasteiger partial charge in [-0.15, -0.1) is 11.3 Å². The summed E-state index contributed by atoms with van der Waals surface area (Å²) in [5, 5.41) is 2.98. The highest BCUT2D eigenvalue weighted by Crippen LogP contribution is 2.32. The number of hydrogen-bond donors (Lipinski definition) is 1. The lowest BCUT2D eigenvalue weighted by Gasteiger charge is -2.10. The van der Waals surface area contributed by atoms with Crippen LogP contribution in [0.2, 0.25) is 4.34 Å². The minimum atomic E-state index is -0.0938. The van der Waals surface area contributed by atoms with E-state index < -0.39 is 0 Å². The summed E-state index contributed by atoms with van der Waals surface area (Å²) in [7, 11) is 0. The van der Waals surface area contributed by atoms with Gasteiger partial charge in [-0.1, -0.05) is 37.6 Å². The number of carbonyl (C=O) groups excluding carboxylic acids is 1. The molecule has 0 unspecified atom stereocenters. The second kappa shape index (κ2) is 6.38. The number of nitrogens with zero attached hydrogens (tertiary/aromatic N) is 1. The van der Waals surface area contributed by atoms with Crippen molar-refractivity contribution in [3.05, 3.63) is 52.0 Å². The van der Waals surface area contributed by atoms with Crippen LogP contribution in [-0.2, 0) is 6.54 Å². The van der Waals surface area contributed by atoms with E-state index in [1.54, 1.807) is 0 Å². The summed E-state index contributed by atoms with van der Waals surface area (Å²) in [6, 6.07) is 11.8. The Morgan fingerprint density at radius 3 is 2.57 bits per heavy atom. The van der Waals surface area contributed by atoms with Gasteiger partial charge in [0.05, 0.1) is 14.6 Å². The number of aryl methyl sites for hydroxylation is 1. The average molecular weight is 347 g/mol. The Morgan fingerprint density at radius 1 is 1.26 bits per heavy atom. The van der Waals surface area contributed by atoms with Gasteiger partial charge in [0.15, 0.2) is 0 Å². The maximum Gasteiger partial charge on any atom is 0.272 e. The zero-order valence-electron chi connectivity index (χ0n) is 13.4. The van der Waals surface area contributed by atoms with E-state index in [2.05, 4.69) is 31.3 Å². The van der Waals surface area contributed by atoms with Crippen LogP contribution in [-0.4, -0.2) is 10.5 Å². The quantitative estimate of drug-likeness (QED) is 0.641. The highest BCUT2D eigenvalue weighted by atomic mass is 35.5. The van der Waals surface area contributed by atoms with E-state index in [4.69, 9.17) is 11.6 Å². The van der Waals surface area contributed by atoms with Crippen molar-refractivity contribution < 1.29 is 4.79 Å². The van der Waals surface area contributed by atoms with Crippen molar-refractivity contribution in [2.75, 3.05) is 5.32 Å². The average Bonchev–Trinajstić information content (AvgIpc) is 3.03. The van der Waals surface area contributed by atoms with Gasteiger partial charge in [-0.25, -0.2) is 0 Å². The van der Waals surface area contributed by atoms with E-state index in [9.17, 15) is 4.79 Å². The fourth-order valence-electron chi connectivity index (χ4n) is 2.69. The van der Waals surface area contributed by atoms with E-state index in [1.807, 2.05) is 35.8 Å². The maximum absolute atomic E-state index is 12.6. The lowest BCUT2D eigenvalue weighted by molar-refractivity contribution is 0.101. The number of carbonyl (C=O) groups is 1. The van der Waals surface area contributed by atoms with E-state index in [1.165, 1.54) is 16.9 Å². The SMILES string of the molecule is CCn1c(C(=O)Nc2ccc(C(C)C)cc2)cc2sc(Cl)cc21. The summed E-state index contributed by atoms with van der Waals surface area (Å²) >= 11 is 7.56. The van der Waals surface area contributed by atoms with Crippen LogP contribution >= 0.6 is 22.9 Å². The fraction of sp³-hybridized carbons (Fsp3) is 0.278. The van der Waals surface area contributed by atoms with Crippen LogP contribution in [0.5, 0.6) is 0 Å². The first-order valence-corrected chi connectivity index (χ1v) is 8.89. The largest absolute Gasteiger partial charge is 0.336 e. The molecule has 5 heteroatoms. The number of benzene rings is 1. The molecule has 0 saturated carbocycles. The monoisotopic (exact) mass is 346 g/mol. The Balaban J connectivity index is 1.86. The van der Waals surface area contributed by atoms with Crippen LogP contribution in [0.1, 0.15) is 42.7 Å². The lowest BCUT2D eigenvalue weighted by Crippen LogP contribution is -2.16. The molecule has 1 amide bonds. The number of hydrogen-bond acceptors (Lipinski definition) is 2. The summed E-state index contributed by atoms with van der Waals surface area (Å²) in [5.41, 5.74) is 3.75. The van der Waals surface area contributed by atoms with E-state index in [0.29, 0.717) is 11.6 Å². The smallest absolute Gasteiger partial charge is 0.272 e. The summed E-state index contributed by atoms with van der Waals surface area (Å²) in [6.07, 6.45) is 0. The first kappa shape index (κ1) is 16.1. The molecule has 2 heterocycles. The van der Waals surface area contributed by atoms with Crippen molar-refractivity contribution in [3.8, 4) is 0 Å². The van der Waals surface area contributed by atoms with Gasteiger partial charge in [0.1, 0.15) is 5.69 Å². The molecule has 0 radical (unpaired) electrons. The predicted molar refractivity (Wildman–Crippen MR) is 99.0 cm³/mol. The first-order valence-electron chi connectivity index (χ1n) is 7.69. The molecule has 3 nitrogen and oxygen atoms in total. The third-order valence-electron chi connectivity index (χ3n) is 3.94. The van der Waals surface area contributed by atoms with Gasteiger partial charge in [0.2, 0.25) is 0 Å². The van der Waals surface area contributed by atoms with E-state index in [-0.39, 0.29) is 5.91 Å². The molecular weight excluding hydrogens is 328 g/mol. The molecule has 0 aliphatic rings. The predicted octanol–water partition coefficient (Wildman–Crippen LogP) is 5.75. The normalized spacial score (nSPS) is 11.3. The molecule has 3 aromatic rings. The molecule has 1 aromatic carbocycles. The molecule has 0 atom stereocenters. The summed E-state index contributed by atoms with van der Waals surface area (Å²) < 4.78 is 3.78. The van der Waals surface area contributed by atoms with Crippen molar-refractivity contribution in [3.63, 3.8) is 0 Å². The van der Waals surface area contributed by atoms with Crippen LogP contribution in [0.3, 0.4) is 0 Å². The summed E-state index contributed by atoms with van der Waals surface area (Å²) in [4.78, 5) is 12.6. The standard InChI is InChI=1S/C18H19ClN2OS/c1-4-21-14-10-17(19)23-16(14)9-15(21)18(22)20-13-7-5-12(6-8-13)11(2)3/h5-11H,4H2,1-3H3,(H,20,22). The van der Waals surface area contributed by atoms with Gasteiger partial charge in [-0.2, -0.15) is 0 Å². The Morgan fingerprint density at radius 2 is 1.96 bits per heavy atom. The summed E-state index contributed by atoms with van der Waals surface area (Å²) in [6.45, 7) is 7.06. The second-order valence-corrected chi connectivity index (χ2v) is 7.52. The van der Waals surface area contributed by atoms with Crippen molar-refractivity contribution in [2.45, 2.75) is 33.2 Å². The van der Waals surface area contributed by atoms with Gasteiger partial charge in [0.25, 0.3) is 5.91 Å². The van der Waals surface area contributed by atoms with Crippen LogP contribution in [0.4, 0.5) is 5.69 Å². The third kappa shape index (κ3) is 3.14. The minimum Gasteiger partial charge on any atom is -0.336 e. The molecule has 2 aromatic heterocycles. The Labute approximate surface area is 144 Å². The molecule has 120 valence electrons. The van der Waals surface area contributed by atoms with Crippen molar-refractivity contribution in [1.29, 1.82) is 0 Å². The summed E-state index contributed by atoms with van der Waals surface area (Å²) in [5.74, 6) is 0.386. The van der Waals surface area contributed by atoms with E-state index >= 15 is 0 Å². The molecule has 0 aliphatic heterocycles. The first-order chi connectivity index (χ1) is 11.0. The van der Waals surface area contributed by atoms with Gasteiger partial charge < -0.3 is 9.88 Å². The van der Waals surface area contributed by atoms with Gasteiger partial charge in [-0.05, 0) is 42.7 Å². The molecule has 23 heavy (non-hydrogen) atoms. The fourth-order valence-corrected chi connectivity index (χ4v) is 3.86. The highest BCUT2D eigenvalue weighted by molar-refractivity contribution is 7.22. The zero-order chi connectivity index (χ0) is 16.6. The molecule has 0 saturated heterocycles. The number of anilines is 1. The minimum absolute atomic E-state index is 0.0938. The molecule has 1 N–H and O–H groups in total. The van der Waals surface area contributed by atoms with Crippen molar-refractivity contribution in [2.24, 2.45) is 0 Å². The topological polar surface area (TPSA) is 34.0 Å². The van der Waals surface area contributed by atoms with E-state index in [0.717, 1.165) is 26.8 Å². The molecular formula is C18H19ClN2OS. The van der Waals surface area contributed by atoms with Gasteiger partial charge in [-0.3, -0.25) is 4.79 Å². The van der Waals surface area contributed by atoms with Crippen molar-refractivity contribution in [1.82, 2.24) is 4.57 Å². The number of amides is 1. The molecule has 0 fully saturated rings. The Hall–Kier alpha value is -1.78. The number of fused-ring (bicyclic) bond motifs is 1. The number of rotatable bonds is 4. The van der Waals surface area contributed by atoms with Gasteiger partial charge >= 0.3 is 0 Å². The van der Waals surface area contributed by atoms with Crippen molar-refractivity contribution >= 4 is 44.7 Å². The zero-order valence-corrected chi connectivity index (χ0v) is 15.0. The Kier molecular flexibility index (Phi) is 4.46. The molecule has 0 aliphatic carbocycles. The van der Waals surface area contributed by atoms with Crippen LogP contribution < -0.4 is 5.32 Å². The number of nitrogens with one attached hydrogen (secondary N) is 1. The maximum atomic E-state index is 12.6. The lowest BCUT2D eigenvalue weighted by atomic mass is 10.0. The van der Waals surface area contributed by atoms with Crippen LogP contribution in [0.15, 0.2) is 36.4 Å². The molecule has 3 rings (SSSR count). The van der Waals surface area contributed by atoms with Crippen LogP contribution in [0.25, 0.3) is 10.2 Å². The van der Waals surface area contributed by atoms with Gasteiger partial charge in [0, 0.05) is 12.2 Å². The third-order valence-corrected chi connectivity index (χ3v) is 5.14. The second-order valence-electron chi connectivity index (χ2n) is 5.80. The highest BCUT2D eigenvalue weighted by Gasteiger charge is 2.17. The number of thiophene rings is 1. The number of halogens is 1.